The molecule has 0 aliphatic carbocycles. The van der Waals surface area contributed by atoms with Gasteiger partial charge in [0.2, 0.25) is 0 Å². The average molecular weight is 315 g/mol. The number of aliphatic hydroxyl groups is 1. The first-order chi connectivity index (χ1) is 10.1. The van der Waals surface area contributed by atoms with Gasteiger partial charge in [-0.05, 0) is 24.6 Å². The normalized spacial score (nSPS) is 17.8. The maximum Gasteiger partial charge on any atom is 0.256 e. The quantitative estimate of drug-likeness (QED) is 0.924. The predicted octanol–water partition coefficient (Wildman–Crippen LogP) is 2.01. The molecule has 1 unspecified atom stereocenters. The van der Waals surface area contributed by atoms with E-state index in [9.17, 15) is 14.3 Å². The van der Waals surface area contributed by atoms with Crippen LogP contribution in [0.2, 0.25) is 5.02 Å². The second-order valence-corrected chi connectivity index (χ2v) is 5.63. The number of amides is 1. The molecule has 6 heteroatoms. The summed E-state index contributed by atoms with van der Waals surface area (Å²) in [5.41, 5.74) is 0.0575. The molecule has 0 spiro atoms. The van der Waals surface area contributed by atoms with Gasteiger partial charge in [0.1, 0.15) is 5.82 Å². The number of aliphatic hydroxyl groups excluding tert-OH is 1. The molecule has 1 atom stereocenters. The highest BCUT2D eigenvalue weighted by Crippen LogP contribution is 2.18. The molecule has 1 aromatic carbocycles. The Labute approximate surface area is 129 Å². The van der Waals surface area contributed by atoms with Gasteiger partial charge in [-0.25, -0.2) is 4.39 Å². The third kappa shape index (κ3) is 3.73. The van der Waals surface area contributed by atoms with Crippen LogP contribution in [-0.4, -0.2) is 59.6 Å². The molecule has 116 valence electrons. The van der Waals surface area contributed by atoms with E-state index < -0.39 is 5.82 Å². The molecule has 2 rings (SSSR count). The molecular formula is C15H20ClFN2O2. The van der Waals surface area contributed by atoms with Gasteiger partial charge in [0.25, 0.3) is 5.91 Å². The second-order valence-electron chi connectivity index (χ2n) is 5.20. The number of benzene rings is 1. The summed E-state index contributed by atoms with van der Waals surface area (Å²) in [5, 5.41) is 9.59. The van der Waals surface area contributed by atoms with E-state index in [1.54, 1.807) is 4.90 Å². The van der Waals surface area contributed by atoms with Crippen molar-refractivity contribution in [2.45, 2.75) is 19.4 Å². The summed E-state index contributed by atoms with van der Waals surface area (Å²) in [6.07, 6.45) is 0.871. The average Bonchev–Trinajstić information content (AvgIpc) is 2.48. The van der Waals surface area contributed by atoms with Gasteiger partial charge >= 0.3 is 0 Å². The molecule has 1 saturated heterocycles. The van der Waals surface area contributed by atoms with E-state index in [0.717, 1.165) is 12.5 Å². The Hall–Kier alpha value is -1.17. The van der Waals surface area contributed by atoms with Crippen LogP contribution < -0.4 is 0 Å². The van der Waals surface area contributed by atoms with Gasteiger partial charge in [-0.3, -0.25) is 9.69 Å². The van der Waals surface area contributed by atoms with Crippen LogP contribution in [0.5, 0.6) is 0 Å². The Bertz CT molecular complexity index is 500. The van der Waals surface area contributed by atoms with E-state index in [-0.39, 0.29) is 29.1 Å². The van der Waals surface area contributed by atoms with E-state index >= 15 is 0 Å². The fourth-order valence-corrected chi connectivity index (χ4v) is 2.78. The van der Waals surface area contributed by atoms with Gasteiger partial charge in [0.05, 0.1) is 12.2 Å². The van der Waals surface area contributed by atoms with Crippen LogP contribution in [0.1, 0.15) is 23.7 Å². The van der Waals surface area contributed by atoms with Crippen LogP contribution in [0.15, 0.2) is 18.2 Å². The molecule has 1 aliphatic rings. The largest absolute Gasteiger partial charge is 0.395 e. The molecule has 21 heavy (non-hydrogen) atoms. The van der Waals surface area contributed by atoms with Gasteiger partial charge in [-0.15, -0.1) is 0 Å². The molecule has 1 aromatic rings. The number of piperazine rings is 1. The minimum atomic E-state index is -0.586. The van der Waals surface area contributed by atoms with Crippen molar-refractivity contribution < 1.29 is 14.3 Å². The molecule has 1 N–H and O–H groups in total. The lowest BCUT2D eigenvalue weighted by Crippen LogP contribution is -2.52. The number of hydrogen-bond acceptors (Lipinski definition) is 3. The van der Waals surface area contributed by atoms with Crippen molar-refractivity contribution in [1.82, 2.24) is 9.80 Å². The van der Waals surface area contributed by atoms with Crippen molar-refractivity contribution in [3.8, 4) is 0 Å². The molecule has 1 fully saturated rings. The number of halogens is 2. The molecular weight excluding hydrogens is 295 g/mol. The Kier molecular flexibility index (Phi) is 5.56. The summed E-state index contributed by atoms with van der Waals surface area (Å²) >= 11 is 5.70. The van der Waals surface area contributed by atoms with Crippen LogP contribution in [0.4, 0.5) is 4.39 Å². The van der Waals surface area contributed by atoms with Gasteiger partial charge in [0, 0.05) is 37.2 Å². The lowest BCUT2D eigenvalue weighted by Gasteiger charge is -2.38. The van der Waals surface area contributed by atoms with Crippen molar-refractivity contribution in [3.63, 3.8) is 0 Å². The topological polar surface area (TPSA) is 43.8 Å². The zero-order valence-electron chi connectivity index (χ0n) is 12.1. The monoisotopic (exact) mass is 314 g/mol. The molecule has 1 amide bonds. The van der Waals surface area contributed by atoms with E-state index in [2.05, 4.69) is 4.90 Å². The summed E-state index contributed by atoms with van der Waals surface area (Å²) in [6, 6.07) is 4.24. The lowest BCUT2D eigenvalue weighted by molar-refractivity contribution is 0.0469. The number of nitrogens with zero attached hydrogens (tertiary/aromatic N) is 2. The Balaban J connectivity index is 2.00. The standard InChI is InChI=1S/C15H20ClFN2O2/c1-2-12(10-20)18-5-7-19(8-6-18)15(21)13-4-3-11(16)9-14(13)17/h3-4,9,12,20H,2,5-8,10H2,1H3. The van der Waals surface area contributed by atoms with Gasteiger partial charge in [0.15, 0.2) is 0 Å². The maximum absolute atomic E-state index is 13.8. The van der Waals surface area contributed by atoms with E-state index in [0.29, 0.717) is 26.2 Å². The first-order valence-corrected chi connectivity index (χ1v) is 7.53. The van der Waals surface area contributed by atoms with Crippen LogP contribution in [0.3, 0.4) is 0 Å². The zero-order valence-corrected chi connectivity index (χ0v) is 12.8. The first kappa shape index (κ1) is 16.2. The fraction of sp³-hybridized carbons (Fsp3) is 0.533. The predicted molar refractivity (Wildman–Crippen MR) is 80.1 cm³/mol. The number of carbonyl (C=O) groups is 1. The molecule has 1 heterocycles. The van der Waals surface area contributed by atoms with Crippen LogP contribution in [0, 0.1) is 5.82 Å². The Morgan fingerprint density at radius 3 is 2.57 bits per heavy atom. The number of hydrogen-bond donors (Lipinski definition) is 1. The molecule has 0 saturated carbocycles. The number of carbonyl (C=O) groups excluding carboxylic acids is 1. The van der Waals surface area contributed by atoms with Crippen LogP contribution >= 0.6 is 11.6 Å². The van der Waals surface area contributed by atoms with E-state index in [1.807, 2.05) is 6.92 Å². The van der Waals surface area contributed by atoms with Crippen molar-refractivity contribution in [2.24, 2.45) is 0 Å². The van der Waals surface area contributed by atoms with Crippen LogP contribution in [-0.2, 0) is 0 Å². The highest BCUT2D eigenvalue weighted by molar-refractivity contribution is 6.30. The first-order valence-electron chi connectivity index (χ1n) is 7.16. The highest BCUT2D eigenvalue weighted by Gasteiger charge is 2.26. The summed E-state index contributed by atoms with van der Waals surface area (Å²) < 4.78 is 13.8. The Morgan fingerprint density at radius 2 is 2.05 bits per heavy atom. The zero-order chi connectivity index (χ0) is 15.4. The molecule has 1 aliphatic heterocycles. The molecule has 0 radical (unpaired) electrons. The van der Waals surface area contributed by atoms with E-state index in [4.69, 9.17) is 11.6 Å². The third-order valence-electron chi connectivity index (χ3n) is 3.96. The summed E-state index contributed by atoms with van der Waals surface area (Å²) in [7, 11) is 0. The SMILES string of the molecule is CCC(CO)N1CCN(C(=O)c2ccc(Cl)cc2F)CC1. The summed E-state index contributed by atoms with van der Waals surface area (Å²) in [6.45, 7) is 4.62. The number of rotatable bonds is 4. The lowest BCUT2D eigenvalue weighted by atomic mass is 10.1. The fourth-order valence-electron chi connectivity index (χ4n) is 2.63. The van der Waals surface area contributed by atoms with Crippen molar-refractivity contribution in [2.75, 3.05) is 32.8 Å². The maximum atomic E-state index is 13.8. The van der Waals surface area contributed by atoms with Crippen molar-refractivity contribution >= 4 is 17.5 Å². The van der Waals surface area contributed by atoms with Gasteiger partial charge in [-0.1, -0.05) is 18.5 Å². The van der Waals surface area contributed by atoms with Gasteiger partial charge in [-0.2, -0.15) is 0 Å². The van der Waals surface area contributed by atoms with Gasteiger partial charge < -0.3 is 10.0 Å². The highest BCUT2D eigenvalue weighted by atomic mass is 35.5. The van der Waals surface area contributed by atoms with Crippen LogP contribution in [0.25, 0.3) is 0 Å². The second kappa shape index (κ2) is 7.20. The molecule has 0 bridgehead atoms. The van der Waals surface area contributed by atoms with E-state index in [1.165, 1.54) is 12.1 Å². The smallest absolute Gasteiger partial charge is 0.256 e. The van der Waals surface area contributed by atoms with Crippen molar-refractivity contribution in [1.29, 1.82) is 0 Å². The minimum absolute atomic E-state index is 0.0575. The summed E-state index contributed by atoms with van der Waals surface area (Å²) in [5.74, 6) is -0.891. The molecule has 4 nitrogen and oxygen atoms in total. The summed E-state index contributed by atoms with van der Waals surface area (Å²) in [4.78, 5) is 16.1. The Morgan fingerprint density at radius 1 is 1.38 bits per heavy atom. The minimum Gasteiger partial charge on any atom is -0.395 e. The third-order valence-corrected chi connectivity index (χ3v) is 4.20. The van der Waals surface area contributed by atoms with Crippen molar-refractivity contribution in [3.05, 3.63) is 34.6 Å². The molecule has 0 aromatic heterocycles.